The third kappa shape index (κ3) is 2.85. The van der Waals surface area contributed by atoms with Crippen LogP contribution in [0.4, 0.5) is 0 Å². The number of carbonyl (C=O) groups is 1. The normalized spacial score (nSPS) is 31.5. The Labute approximate surface area is 216 Å². The van der Waals surface area contributed by atoms with Crippen molar-refractivity contribution in [2.75, 3.05) is 20.1 Å². The Balaban J connectivity index is 1.31. The molecule has 37 heavy (non-hydrogen) atoms. The van der Waals surface area contributed by atoms with E-state index < -0.39 is 17.1 Å². The Morgan fingerprint density at radius 1 is 1.19 bits per heavy atom. The number of amides is 1. The summed E-state index contributed by atoms with van der Waals surface area (Å²) in [6, 6.07) is 17.3. The number of likely N-dealkylation sites (N-methyl/N-ethyl adjacent to an activating group) is 1. The molecule has 1 amide bonds. The van der Waals surface area contributed by atoms with Crippen LogP contribution in [0.1, 0.15) is 40.7 Å². The van der Waals surface area contributed by atoms with Gasteiger partial charge in [-0.1, -0.05) is 42.5 Å². The molecule has 7 rings (SSSR count). The Hall–Kier alpha value is -3.35. The van der Waals surface area contributed by atoms with Crippen molar-refractivity contribution in [3.05, 3.63) is 83.9 Å². The smallest absolute Gasteiger partial charge is 0.253 e. The monoisotopic (exact) mass is 496 g/mol. The molecule has 2 bridgehead atoms. The molecular weight excluding hydrogens is 464 g/mol. The van der Waals surface area contributed by atoms with E-state index in [1.807, 2.05) is 66.6 Å². The topological polar surface area (TPSA) is 73.2 Å². The van der Waals surface area contributed by atoms with Crippen molar-refractivity contribution in [2.24, 2.45) is 0 Å². The van der Waals surface area contributed by atoms with Gasteiger partial charge in [0.1, 0.15) is 6.10 Å². The molecule has 3 aromatic carbocycles. The van der Waals surface area contributed by atoms with Crippen LogP contribution in [-0.4, -0.2) is 69.8 Å². The maximum absolute atomic E-state index is 13.8. The molecule has 6 heteroatoms. The zero-order valence-electron chi connectivity index (χ0n) is 21.1. The number of hydrogen-bond donors (Lipinski definition) is 2. The Kier molecular flexibility index (Phi) is 4.83. The molecule has 5 atom stereocenters. The van der Waals surface area contributed by atoms with Crippen LogP contribution < -0.4 is 4.74 Å². The minimum atomic E-state index is -1.01. The average molecular weight is 497 g/mol. The minimum Gasteiger partial charge on any atom is -0.504 e. The molecule has 1 saturated carbocycles. The summed E-state index contributed by atoms with van der Waals surface area (Å²) in [7, 11) is 1.85. The molecule has 2 fully saturated rings. The molecule has 2 N–H and O–H groups in total. The largest absolute Gasteiger partial charge is 0.504 e. The minimum absolute atomic E-state index is 0.0574. The summed E-state index contributed by atoms with van der Waals surface area (Å²) in [5, 5.41) is 25.5. The van der Waals surface area contributed by atoms with Crippen LogP contribution >= 0.6 is 0 Å². The van der Waals surface area contributed by atoms with Gasteiger partial charge in [-0.25, -0.2) is 0 Å². The van der Waals surface area contributed by atoms with Crippen molar-refractivity contribution >= 4 is 16.7 Å². The Bertz CT molecular complexity index is 1450. The highest BCUT2D eigenvalue weighted by Crippen LogP contribution is 2.65. The molecule has 2 aliphatic heterocycles. The molecule has 190 valence electrons. The lowest BCUT2D eigenvalue weighted by atomic mass is 9.48. The van der Waals surface area contributed by atoms with Gasteiger partial charge in [-0.2, -0.15) is 0 Å². The summed E-state index contributed by atoms with van der Waals surface area (Å²) in [6.45, 7) is 5.47. The fraction of sp³-hybridized carbons (Fsp3) is 0.387. The molecule has 6 nitrogen and oxygen atoms in total. The zero-order chi connectivity index (χ0) is 25.5. The molecule has 4 aliphatic rings. The van der Waals surface area contributed by atoms with Gasteiger partial charge in [0.15, 0.2) is 11.5 Å². The van der Waals surface area contributed by atoms with E-state index in [-0.39, 0.29) is 23.7 Å². The number of nitrogens with zero attached hydrogens (tertiary/aromatic N) is 2. The van der Waals surface area contributed by atoms with Gasteiger partial charge in [0.05, 0.1) is 17.1 Å². The summed E-state index contributed by atoms with van der Waals surface area (Å²) in [4.78, 5) is 18.0. The summed E-state index contributed by atoms with van der Waals surface area (Å²) in [5.41, 5.74) is 1.06. The van der Waals surface area contributed by atoms with Crippen LogP contribution in [0.2, 0.25) is 0 Å². The summed E-state index contributed by atoms with van der Waals surface area (Å²) in [6.07, 6.45) is 4.08. The zero-order valence-corrected chi connectivity index (χ0v) is 21.1. The number of aliphatic hydroxyl groups is 1. The number of phenols is 1. The number of rotatable bonds is 4. The lowest BCUT2D eigenvalue weighted by Gasteiger charge is -2.64. The van der Waals surface area contributed by atoms with Gasteiger partial charge in [0, 0.05) is 30.8 Å². The number of ether oxygens (including phenoxy) is 1. The highest BCUT2D eigenvalue weighted by molar-refractivity contribution is 5.98. The molecule has 1 spiro atoms. The summed E-state index contributed by atoms with van der Waals surface area (Å²) in [5.74, 6) is 0.548. The van der Waals surface area contributed by atoms with Crippen LogP contribution in [0.25, 0.3) is 10.8 Å². The number of benzene rings is 3. The van der Waals surface area contributed by atoms with Crippen molar-refractivity contribution in [2.45, 2.75) is 54.9 Å². The first-order chi connectivity index (χ1) is 17.9. The SMILES string of the molecule is C=CCN1CC[C@]23c4c5ccc(O)c4O[C@H]2[C@@H](N(C)C(=O)c2ccc4ccccc4c2)CC[C@@]3(O)[C@H]1C5. The van der Waals surface area contributed by atoms with Crippen LogP contribution in [0.3, 0.4) is 0 Å². The molecule has 2 aliphatic carbocycles. The number of aromatic hydroxyl groups is 1. The van der Waals surface area contributed by atoms with E-state index in [4.69, 9.17) is 4.74 Å². The molecule has 0 aromatic heterocycles. The van der Waals surface area contributed by atoms with Gasteiger partial charge in [0.25, 0.3) is 5.91 Å². The van der Waals surface area contributed by atoms with E-state index in [2.05, 4.69) is 11.5 Å². The molecule has 0 unspecified atom stereocenters. The molecule has 1 saturated heterocycles. The van der Waals surface area contributed by atoms with Crippen molar-refractivity contribution in [3.63, 3.8) is 0 Å². The van der Waals surface area contributed by atoms with E-state index in [0.717, 1.165) is 35.0 Å². The van der Waals surface area contributed by atoms with Crippen LogP contribution in [0.5, 0.6) is 11.5 Å². The number of piperidine rings is 1. The predicted octanol–water partition coefficient (Wildman–Crippen LogP) is 4.03. The Morgan fingerprint density at radius 2 is 2.00 bits per heavy atom. The van der Waals surface area contributed by atoms with E-state index in [1.165, 1.54) is 0 Å². The number of hydrogen-bond acceptors (Lipinski definition) is 5. The third-order valence-corrected chi connectivity index (χ3v) is 9.72. The number of fused-ring (bicyclic) bond motifs is 1. The Morgan fingerprint density at radius 3 is 2.81 bits per heavy atom. The molecule has 2 heterocycles. The van der Waals surface area contributed by atoms with Crippen LogP contribution in [-0.2, 0) is 11.8 Å². The van der Waals surface area contributed by atoms with Crippen molar-refractivity contribution < 1.29 is 19.7 Å². The maximum atomic E-state index is 13.8. The quantitative estimate of drug-likeness (QED) is 0.534. The lowest BCUT2D eigenvalue weighted by Crippen LogP contribution is -2.78. The van der Waals surface area contributed by atoms with Gasteiger partial charge < -0.3 is 19.8 Å². The summed E-state index contributed by atoms with van der Waals surface area (Å²) >= 11 is 0. The summed E-state index contributed by atoms with van der Waals surface area (Å²) < 4.78 is 6.62. The molecule has 3 aromatic rings. The van der Waals surface area contributed by atoms with Crippen LogP contribution in [0.15, 0.2) is 67.3 Å². The van der Waals surface area contributed by atoms with E-state index >= 15 is 0 Å². The molecular formula is C31H32N2O4. The third-order valence-electron chi connectivity index (χ3n) is 9.72. The van der Waals surface area contributed by atoms with Gasteiger partial charge in [-0.05, 0) is 66.8 Å². The van der Waals surface area contributed by atoms with Gasteiger partial charge in [0.2, 0.25) is 0 Å². The first kappa shape index (κ1) is 22.8. The van der Waals surface area contributed by atoms with E-state index in [0.29, 0.717) is 37.0 Å². The first-order valence-electron chi connectivity index (χ1n) is 13.2. The van der Waals surface area contributed by atoms with Crippen molar-refractivity contribution in [1.29, 1.82) is 0 Å². The lowest BCUT2D eigenvalue weighted by molar-refractivity contribution is -0.195. The van der Waals surface area contributed by atoms with Gasteiger partial charge >= 0.3 is 0 Å². The standard InChI is InChI=1S/C31H32N2O4/c1-3-15-33-16-14-30-26-21-10-11-24(34)27(26)37-28(30)23(12-13-31(30,36)25(33)18-21)32(2)29(35)22-9-8-19-6-4-5-7-20(19)17-22/h3-11,17,23,25,28,34,36H,1,12-16,18H2,2H3/t23-,25+,28-,30-,31+/m0/s1. The fourth-order valence-electron chi connectivity index (χ4n) is 8.06. The second-order valence-corrected chi connectivity index (χ2v) is 11.2. The average Bonchev–Trinajstić information content (AvgIpc) is 3.26. The maximum Gasteiger partial charge on any atom is 0.253 e. The second-order valence-electron chi connectivity index (χ2n) is 11.2. The van der Waals surface area contributed by atoms with Gasteiger partial charge in [-0.3, -0.25) is 9.69 Å². The van der Waals surface area contributed by atoms with Gasteiger partial charge in [-0.15, -0.1) is 6.58 Å². The second kappa shape index (κ2) is 7.83. The number of likely N-dealkylation sites (tertiary alicyclic amines) is 1. The highest BCUT2D eigenvalue weighted by Gasteiger charge is 2.73. The highest BCUT2D eigenvalue weighted by atomic mass is 16.5. The van der Waals surface area contributed by atoms with E-state index in [1.54, 1.807) is 6.07 Å². The first-order valence-corrected chi connectivity index (χ1v) is 13.2. The van der Waals surface area contributed by atoms with Crippen molar-refractivity contribution in [1.82, 2.24) is 9.80 Å². The van der Waals surface area contributed by atoms with E-state index in [9.17, 15) is 15.0 Å². The van der Waals surface area contributed by atoms with Crippen molar-refractivity contribution in [3.8, 4) is 11.5 Å². The number of carbonyl (C=O) groups excluding carboxylic acids is 1. The number of phenolic OH excluding ortho intramolecular Hbond substituents is 1. The predicted molar refractivity (Wildman–Crippen MR) is 142 cm³/mol. The molecule has 0 radical (unpaired) electrons. The van der Waals surface area contributed by atoms with Crippen LogP contribution in [0, 0.1) is 0 Å². The fourth-order valence-corrected chi connectivity index (χ4v) is 8.06.